The van der Waals surface area contributed by atoms with E-state index in [0.29, 0.717) is 6.04 Å². The maximum atomic E-state index is 14.4. The van der Waals surface area contributed by atoms with Crippen LogP contribution in [-0.2, 0) is 4.74 Å². The lowest BCUT2D eigenvalue weighted by atomic mass is 9.71. The van der Waals surface area contributed by atoms with Gasteiger partial charge in [-0.3, -0.25) is 9.69 Å². The van der Waals surface area contributed by atoms with Crippen LogP contribution in [0.1, 0.15) is 59.5 Å². The molecule has 0 radical (unpaired) electrons. The summed E-state index contributed by atoms with van der Waals surface area (Å²) in [5.41, 5.74) is 6.09. The number of hydrogen-bond donors (Lipinski definition) is 0. The highest BCUT2D eigenvalue weighted by atomic mass is 16.5. The lowest BCUT2D eigenvalue weighted by Crippen LogP contribution is -2.49. The molecule has 0 bridgehead atoms. The molecule has 1 saturated carbocycles. The molecular formula is C35H40N2O2. The summed E-state index contributed by atoms with van der Waals surface area (Å²) in [4.78, 5) is 19.6. The van der Waals surface area contributed by atoms with Gasteiger partial charge in [0.05, 0.1) is 19.1 Å². The standard InChI is InChI=1S/C35H40N2O2/c38-35(29-17-9-3-10-18-29)32-26-37(30-19-11-4-12-20-30)34(28-15-7-2-8-16-28)31(25-36-21-23-39-24-22-36)33(32)27-13-5-1-6-14-27/h1-3,5-10,13-18,30,32-33H,4,11-12,19-26H2. The Balaban J connectivity index is 1.55. The van der Waals surface area contributed by atoms with Crippen molar-refractivity contribution in [2.75, 3.05) is 39.4 Å². The van der Waals surface area contributed by atoms with Crippen molar-refractivity contribution in [1.29, 1.82) is 0 Å². The summed E-state index contributed by atoms with van der Waals surface area (Å²) in [6.45, 7) is 5.00. The minimum Gasteiger partial charge on any atom is -0.379 e. The summed E-state index contributed by atoms with van der Waals surface area (Å²) < 4.78 is 5.72. The van der Waals surface area contributed by atoms with Crippen LogP contribution in [0.15, 0.2) is 96.6 Å². The summed E-state index contributed by atoms with van der Waals surface area (Å²) in [5.74, 6) is 0.147. The molecule has 2 aliphatic heterocycles. The molecule has 0 amide bonds. The van der Waals surface area contributed by atoms with Gasteiger partial charge in [0.2, 0.25) is 0 Å². The fraction of sp³-hybridized carbons (Fsp3) is 0.400. The molecular weight excluding hydrogens is 480 g/mol. The molecule has 0 spiro atoms. The van der Waals surface area contributed by atoms with Crippen LogP contribution >= 0.6 is 0 Å². The van der Waals surface area contributed by atoms with Crippen LogP contribution in [0, 0.1) is 5.92 Å². The van der Waals surface area contributed by atoms with Crippen molar-refractivity contribution in [2.24, 2.45) is 5.92 Å². The van der Waals surface area contributed by atoms with E-state index < -0.39 is 0 Å². The first-order chi connectivity index (χ1) is 19.3. The van der Waals surface area contributed by atoms with Crippen LogP contribution < -0.4 is 0 Å². The largest absolute Gasteiger partial charge is 0.379 e. The number of Topliss-reactive ketones (excluding diaryl/α,β-unsaturated/α-hetero) is 1. The molecule has 3 aliphatic rings. The Morgan fingerprint density at radius 2 is 1.38 bits per heavy atom. The summed E-state index contributed by atoms with van der Waals surface area (Å²) in [7, 11) is 0. The lowest BCUT2D eigenvalue weighted by Gasteiger charge is -2.48. The molecule has 4 heteroatoms. The smallest absolute Gasteiger partial charge is 0.168 e. The fourth-order valence-corrected chi connectivity index (χ4v) is 6.97. The zero-order valence-corrected chi connectivity index (χ0v) is 22.9. The molecule has 2 atom stereocenters. The van der Waals surface area contributed by atoms with Gasteiger partial charge in [-0.1, -0.05) is 110 Å². The monoisotopic (exact) mass is 520 g/mol. The second-order valence-electron chi connectivity index (χ2n) is 11.3. The van der Waals surface area contributed by atoms with Crippen LogP contribution in [0.3, 0.4) is 0 Å². The first-order valence-electron chi connectivity index (χ1n) is 14.8. The Morgan fingerprint density at radius 1 is 0.769 bits per heavy atom. The number of ketones is 1. The highest BCUT2D eigenvalue weighted by molar-refractivity contribution is 5.99. The molecule has 3 aromatic rings. The van der Waals surface area contributed by atoms with Gasteiger partial charge >= 0.3 is 0 Å². The summed E-state index contributed by atoms with van der Waals surface area (Å²) in [5, 5.41) is 0. The molecule has 202 valence electrons. The maximum Gasteiger partial charge on any atom is 0.168 e. The number of morpholine rings is 1. The van der Waals surface area contributed by atoms with E-state index in [1.807, 2.05) is 30.3 Å². The third-order valence-corrected chi connectivity index (χ3v) is 8.88. The van der Waals surface area contributed by atoms with Gasteiger partial charge in [-0.2, -0.15) is 0 Å². The minimum atomic E-state index is -0.139. The molecule has 0 N–H and O–H groups in total. The maximum absolute atomic E-state index is 14.4. The Kier molecular flexibility index (Phi) is 8.22. The van der Waals surface area contributed by atoms with Crippen molar-refractivity contribution in [3.8, 4) is 0 Å². The van der Waals surface area contributed by atoms with Crippen molar-refractivity contribution < 1.29 is 9.53 Å². The molecule has 0 aromatic heterocycles. The summed E-state index contributed by atoms with van der Waals surface area (Å²) in [6, 6.07) is 32.2. The Hall–Kier alpha value is -3.21. The average Bonchev–Trinajstić information content (AvgIpc) is 3.02. The topological polar surface area (TPSA) is 32.8 Å². The second-order valence-corrected chi connectivity index (χ2v) is 11.3. The van der Waals surface area contributed by atoms with E-state index in [1.165, 1.54) is 54.5 Å². The van der Waals surface area contributed by atoms with E-state index in [0.717, 1.165) is 45.0 Å². The Labute approximate surface area is 233 Å². The molecule has 4 nitrogen and oxygen atoms in total. The van der Waals surface area contributed by atoms with Crippen molar-refractivity contribution in [3.63, 3.8) is 0 Å². The normalized spacial score (nSPS) is 23.1. The minimum absolute atomic E-state index is 0.0248. The Bertz CT molecular complexity index is 1250. The quantitative estimate of drug-likeness (QED) is 0.326. The van der Waals surface area contributed by atoms with E-state index >= 15 is 0 Å². The molecule has 2 fully saturated rings. The van der Waals surface area contributed by atoms with E-state index in [4.69, 9.17) is 4.74 Å². The van der Waals surface area contributed by atoms with E-state index in [9.17, 15) is 4.79 Å². The number of benzene rings is 3. The van der Waals surface area contributed by atoms with E-state index in [1.54, 1.807) is 0 Å². The van der Waals surface area contributed by atoms with Crippen LogP contribution in [0.4, 0.5) is 0 Å². The van der Waals surface area contributed by atoms with Crippen molar-refractivity contribution in [1.82, 2.24) is 9.80 Å². The SMILES string of the molecule is O=C(c1ccccc1)C1CN(C2CCCCC2)C(c2ccccc2)=C(CN2CCOCC2)C1c1ccccc1. The number of ether oxygens (including phenoxy) is 1. The molecule has 2 heterocycles. The zero-order valence-electron chi connectivity index (χ0n) is 22.9. The number of rotatable bonds is 7. The lowest BCUT2D eigenvalue weighted by molar-refractivity contribution is 0.0403. The van der Waals surface area contributed by atoms with Crippen LogP contribution in [0.2, 0.25) is 0 Å². The highest BCUT2D eigenvalue weighted by Crippen LogP contribution is 2.46. The first kappa shape index (κ1) is 26.0. The first-order valence-corrected chi connectivity index (χ1v) is 14.8. The summed E-state index contributed by atoms with van der Waals surface area (Å²) >= 11 is 0. The van der Waals surface area contributed by atoms with Gasteiger partial charge in [-0.25, -0.2) is 0 Å². The average molecular weight is 521 g/mol. The van der Waals surface area contributed by atoms with Gasteiger partial charge in [0.15, 0.2) is 5.78 Å². The van der Waals surface area contributed by atoms with Gasteiger partial charge in [-0.05, 0) is 29.5 Å². The zero-order chi connectivity index (χ0) is 26.4. The molecule has 1 saturated heterocycles. The van der Waals surface area contributed by atoms with Crippen LogP contribution in [0.25, 0.3) is 5.70 Å². The van der Waals surface area contributed by atoms with Gasteiger partial charge in [0, 0.05) is 49.4 Å². The predicted molar refractivity (Wildman–Crippen MR) is 158 cm³/mol. The molecule has 3 aromatic carbocycles. The van der Waals surface area contributed by atoms with Gasteiger partial charge in [-0.15, -0.1) is 0 Å². The predicted octanol–water partition coefficient (Wildman–Crippen LogP) is 6.66. The van der Waals surface area contributed by atoms with E-state index in [2.05, 4.69) is 70.5 Å². The van der Waals surface area contributed by atoms with Crippen LogP contribution in [0.5, 0.6) is 0 Å². The molecule has 2 unspecified atom stereocenters. The third-order valence-electron chi connectivity index (χ3n) is 8.88. The number of hydrogen-bond acceptors (Lipinski definition) is 4. The molecule has 1 aliphatic carbocycles. The Morgan fingerprint density at radius 3 is 2.05 bits per heavy atom. The van der Waals surface area contributed by atoms with E-state index in [-0.39, 0.29) is 17.6 Å². The van der Waals surface area contributed by atoms with Crippen molar-refractivity contribution >= 4 is 11.5 Å². The number of carbonyl (C=O) groups excluding carboxylic acids is 1. The van der Waals surface area contributed by atoms with Gasteiger partial charge < -0.3 is 9.64 Å². The van der Waals surface area contributed by atoms with Crippen LogP contribution in [-0.4, -0.2) is 61.0 Å². The summed E-state index contributed by atoms with van der Waals surface area (Å²) in [6.07, 6.45) is 6.24. The highest BCUT2D eigenvalue weighted by Gasteiger charge is 2.43. The fourth-order valence-electron chi connectivity index (χ4n) is 6.97. The second kappa shape index (κ2) is 12.3. The molecule has 6 rings (SSSR count). The van der Waals surface area contributed by atoms with Crippen molar-refractivity contribution in [2.45, 2.75) is 44.1 Å². The van der Waals surface area contributed by atoms with Gasteiger partial charge in [0.25, 0.3) is 0 Å². The number of carbonyl (C=O) groups is 1. The molecule has 39 heavy (non-hydrogen) atoms. The third kappa shape index (κ3) is 5.73. The van der Waals surface area contributed by atoms with Crippen molar-refractivity contribution in [3.05, 3.63) is 113 Å². The number of nitrogens with zero attached hydrogens (tertiary/aromatic N) is 2. The van der Waals surface area contributed by atoms with Gasteiger partial charge in [0.1, 0.15) is 0 Å².